The van der Waals surface area contributed by atoms with E-state index in [4.69, 9.17) is 0 Å². The molecule has 17 atom stereocenters. The summed E-state index contributed by atoms with van der Waals surface area (Å²) in [6.45, 7) is 14.7. The summed E-state index contributed by atoms with van der Waals surface area (Å²) in [6.07, 6.45) is 20.0. The Morgan fingerprint density at radius 3 is 2.09 bits per heavy atom. The Hall–Kier alpha value is -0.160. The van der Waals surface area contributed by atoms with E-state index >= 15 is 0 Å². The molecule has 0 aliphatic heterocycles. The van der Waals surface area contributed by atoms with Crippen molar-refractivity contribution in [2.45, 2.75) is 175 Å². The van der Waals surface area contributed by atoms with Gasteiger partial charge in [0.15, 0.2) is 5.79 Å². The molecule has 0 heterocycles. The van der Waals surface area contributed by atoms with E-state index in [0.29, 0.717) is 59.2 Å². The van der Waals surface area contributed by atoms with E-state index in [1.807, 2.05) is 6.92 Å². The van der Waals surface area contributed by atoms with E-state index in [9.17, 15) is 20.4 Å². The van der Waals surface area contributed by atoms with Crippen LogP contribution in [0.1, 0.15) is 157 Å². The minimum Gasteiger partial charge on any atom is -0.393 e. The SMILES string of the molecule is CC[C@H]1CC[C@H]2[C@@H]3CCC4(C5CC(O)CC6CC[C@@H]7[C@H](CC[C@]8(C)[C@@H](C(C)O)CC[C@@H]78)[C@]65C)CCCC(O)(O)[C@]4(C)[C@H]3CC[C@]12C. The number of aliphatic hydroxyl groups excluding tert-OH is 2. The monoisotopic (exact) mass is 639 g/mol. The van der Waals surface area contributed by atoms with Crippen LogP contribution in [0.25, 0.3) is 0 Å². The van der Waals surface area contributed by atoms with Crippen LogP contribution >= 0.6 is 0 Å². The van der Waals surface area contributed by atoms with Crippen molar-refractivity contribution in [1.29, 1.82) is 0 Å². The summed E-state index contributed by atoms with van der Waals surface area (Å²) in [5.74, 6) is 4.21. The zero-order valence-electron chi connectivity index (χ0n) is 30.4. The van der Waals surface area contributed by atoms with E-state index in [2.05, 4.69) is 34.6 Å². The van der Waals surface area contributed by atoms with Gasteiger partial charge in [-0.15, -0.1) is 0 Å². The lowest BCUT2D eigenvalue weighted by molar-refractivity contribution is -0.364. The van der Waals surface area contributed by atoms with Crippen LogP contribution in [0, 0.1) is 86.3 Å². The van der Waals surface area contributed by atoms with Gasteiger partial charge in [0.1, 0.15) is 0 Å². The molecule has 0 amide bonds. The number of hydrogen-bond acceptors (Lipinski definition) is 4. The van der Waals surface area contributed by atoms with Gasteiger partial charge in [0.05, 0.1) is 12.2 Å². The normalized spacial score (nSPS) is 59.7. The first-order chi connectivity index (χ1) is 21.7. The summed E-state index contributed by atoms with van der Waals surface area (Å²) in [4.78, 5) is 0. The Labute approximate surface area is 281 Å². The fourth-order valence-corrected chi connectivity index (χ4v) is 17.9. The van der Waals surface area contributed by atoms with Crippen molar-refractivity contribution in [2.24, 2.45) is 86.3 Å². The quantitative estimate of drug-likeness (QED) is 0.233. The molecule has 5 unspecified atom stereocenters. The van der Waals surface area contributed by atoms with Crippen molar-refractivity contribution < 1.29 is 20.4 Å². The Kier molecular flexibility index (Phi) is 7.66. The molecule has 8 fully saturated rings. The van der Waals surface area contributed by atoms with Crippen molar-refractivity contribution in [3.05, 3.63) is 0 Å². The maximum Gasteiger partial charge on any atom is 0.168 e. The first-order valence-corrected chi connectivity index (χ1v) is 20.5. The number of fused-ring (bicyclic) bond motifs is 10. The van der Waals surface area contributed by atoms with Gasteiger partial charge in [-0.2, -0.15) is 0 Å². The van der Waals surface area contributed by atoms with E-state index in [1.165, 1.54) is 70.6 Å². The molecule has 4 nitrogen and oxygen atoms in total. The van der Waals surface area contributed by atoms with Gasteiger partial charge in [-0.1, -0.05) is 41.0 Å². The van der Waals surface area contributed by atoms with Gasteiger partial charge in [0.2, 0.25) is 0 Å². The van der Waals surface area contributed by atoms with E-state index in [-0.39, 0.29) is 28.5 Å². The van der Waals surface area contributed by atoms with Crippen molar-refractivity contribution in [1.82, 2.24) is 0 Å². The smallest absolute Gasteiger partial charge is 0.168 e. The predicted octanol–water partition coefficient (Wildman–Crippen LogP) is 8.73. The summed E-state index contributed by atoms with van der Waals surface area (Å²) in [7, 11) is 0. The lowest BCUT2D eigenvalue weighted by atomic mass is 9.31. The van der Waals surface area contributed by atoms with Gasteiger partial charge in [-0.25, -0.2) is 0 Å². The average molecular weight is 639 g/mol. The van der Waals surface area contributed by atoms with Crippen LogP contribution in [-0.4, -0.2) is 38.4 Å². The highest BCUT2D eigenvalue weighted by Crippen LogP contribution is 2.79. The van der Waals surface area contributed by atoms with Crippen LogP contribution in [0.15, 0.2) is 0 Å². The summed E-state index contributed by atoms with van der Waals surface area (Å²) in [5, 5.41) is 47.5. The second-order valence-corrected chi connectivity index (χ2v) is 20.3. The van der Waals surface area contributed by atoms with Gasteiger partial charge in [0.25, 0.3) is 0 Å². The van der Waals surface area contributed by atoms with Crippen LogP contribution in [0.2, 0.25) is 0 Å². The van der Waals surface area contributed by atoms with Gasteiger partial charge in [-0.05, 0) is 190 Å². The van der Waals surface area contributed by atoms with Crippen molar-refractivity contribution in [3.63, 3.8) is 0 Å². The number of hydrogen-bond donors (Lipinski definition) is 4. The lowest BCUT2D eigenvalue weighted by Crippen LogP contribution is -2.72. The molecule has 4 heteroatoms. The van der Waals surface area contributed by atoms with E-state index < -0.39 is 11.2 Å². The first kappa shape index (κ1) is 33.0. The molecule has 0 aromatic rings. The van der Waals surface area contributed by atoms with Crippen LogP contribution in [0.4, 0.5) is 0 Å². The molecule has 0 saturated heterocycles. The van der Waals surface area contributed by atoms with Crippen LogP contribution in [-0.2, 0) is 0 Å². The molecule has 8 rings (SSSR count). The highest BCUT2D eigenvalue weighted by atomic mass is 16.5. The summed E-state index contributed by atoms with van der Waals surface area (Å²) in [5.41, 5.74) is 0.112. The number of rotatable bonds is 3. The predicted molar refractivity (Wildman–Crippen MR) is 183 cm³/mol. The lowest BCUT2D eigenvalue weighted by Gasteiger charge is -2.74. The zero-order chi connectivity index (χ0) is 32.7. The molecular weight excluding hydrogens is 568 g/mol. The first-order valence-electron chi connectivity index (χ1n) is 20.5. The Morgan fingerprint density at radius 2 is 1.35 bits per heavy atom. The van der Waals surface area contributed by atoms with Gasteiger partial charge >= 0.3 is 0 Å². The van der Waals surface area contributed by atoms with Crippen LogP contribution in [0.3, 0.4) is 0 Å². The molecular formula is C42H70O4. The molecule has 8 saturated carbocycles. The minimum atomic E-state index is -1.64. The number of aliphatic hydroxyl groups is 4. The van der Waals surface area contributed by atoms with Gasteiger partial charge < -0.3 is 20.4 Å². The molecule has 8 aliphatic carbocycles. The molecule has 0 aromatic heterocycles. The highest BCUT2D eigenvalue weighted by Gasteiger charge is 2.75. The van der Waals surface area contributed by atoms with E-state index in [1.54, 1.807) is 0 Å². The molecule has 262 valence electrons. The van der Waals surface area contributed by atoms with Crippen molar-refractivity contribution in [3.8, 4) is 0 Å². The largest absolute Gasteiger partial charge is 0.393 e. The molecule has 0 spiro atoms. The summed E-state index contributed by atoms with van der Waals surface area (Å²) in [6, 6.07) is 0. The molecule has 0 aromatic carbocycles. The molecule has 0 bridgehead atoms. The van der Waals surface area contributed by atoms with Crippen LogP contribution < -0.4 is 0 Å². The Bertz CT molecular complexity index is 1180. The third-order valence-corrected chi connectivity index (χ3v) is 19.9. The van der Waals surface area contributed by atoms with Crippen molar-refractivity contribution in [2.75, 3.05) is 0 Å². The maximum atomic E-state index is 12.5. The van der Waals surface area contributed by atoms with E-state index in [0.717, 1.165) is 50.4 Å². The molecule has 46 heavy (non-hydrogen) atoms. The molecule has 0 radical (unpaired) electrons. The topological polar surface area (TPSA) is 80.9 Å². The maximum absolute atomic E-state index is 12.5. The van der Waals surface area contributed by atoms with Crippen LogP contribution in [0.5, 0.6) is 0 Å². The van der Waals surface area contributed by atoms with Gasteiger partial charge in [0, 0.05) is 11.8 Å². The standard InChI is InChI=1S/C42H70O4/c1-7-26-10-12-32-30-15-22-41(18-8-19-42(45,46)40(41,6)35(30)17-20-37(26,32)3)36-24-28(44)23-27-9-11-29-33-14-13-31(25(2)43)38(33,4)21-16-34(29)39(27,36)5/h25-36,43-46H,7-24H2,1-6H3/t25?,26-,27?,28?,29-,30-,31+,32-,33-,34-,35-,36?,37+,38+,39-,40+,41?/m0/s1. The fourth-order valence-electron chi connectivity index (χ4n) is 17.9. The zero-order valence-corrected chi connectivity index (χ0v) is 30.4. The molecule has 4 N–H and O–H groups in total. The second kappa shape index (κ2) is 10.7. The van der Waals surface area contributed by atoms with Crippen molar-refractivity contribution >= 4 is 0 Å². The minimum absolute atomic E-state index is 0.123. The third kappa shape index (κ3) is 3.94. The molecule has 8 aliphatic rings. The summed E-state index contributed by atoms with van der Waals surface area (Å²) >= 11 is 0. The fraction of sp³-hybridized carbons (Fsp3) is 1.00. The Morgan fingerprint density at radius 1 is 0.674 bits per heavy atom. The highest BCUT2D eigenvalue weighted by molar-refractivity contribution is 5.22. The second-order valence-electron chi connectivity index (χ2n) is 20.3. The average Bonchev–Trinajstić information content (AvgIpc) is 3.54. The Balaban J connectivity index is 1.21. The van der Waals surface area contributed by atoms with Gasteiger partial charge in [-0.3, -0.25) is 0 Å². The third-order valence-electron chi connectivity index (χ3n) is 19.9. The summed E-state index contributed by atoms with van der Waals surface area (Å²) < 4.78 is 0.